The molecule has 2 aromatic rings. The lowest BCUT2D eigenvalue weighted by molar-refractivity contribution is -0.146. The topological polar surface area (TPSA) is 86.7 Å². The van der Waals surface area contributed by atoms with Gasteiger partial charge in [-0.1, -0.05) is 36.4 Å². The molecule has 2 N–H and O–H groups in total. The fourth-order valence-corrected chi connectivity index (χ4v) is 2.44. The van der Waals surface area contributed by atoms with Crippen LogP contribution in [0, 0.1) is 0 Å². The molecule has 6 nitrogen and oxygen atoms in total. The highest BCUT2D eigenvalue weighted by atomic mass is 16.4. The van der Waals surface area contributed by atoms with Crippen molar-refractivity contribution in [1.29, 1.82) is 0 Å². The highest BCUT2D eigenvalue weighted by molar-refractivity contribution is 6.12. The van der Waals surface area contributed by atoms with Crippen molar-refractivity contribution >= 4 is 29.5 Å². The number of para-hydroxylation sites is 2. The number of carboxylic acids is 1. The van der Waals surface area contributed by atoms with Crippen LogP contribution in [0.5, 0.6) is 0 Å². The summed E-state index contributed by atoms with van der Waals surface area (Å²) >= 11 is 0. The number of nitrogens with zero attached hydrogens (tertiary/aromatic N) is 1. The SMILES string of the molecule is CC(Nc1ccccc1)C(=O)N(c1ccccc1)C(C)(C=O)C(=O)O. The summed E-state index contributed by atoms with van der Waals surface area (Å²) < 4.78 is 0. The van der Waals surface area contributed by atoms with E-state index in [4.69, 9.17) is 0 Å². The van der Waals surface area contributed by atoms with Gasteiger partial charge in [0.2, 0.25) is 0 Å². The number of aliphatic carboxylic acids is 1. The van der Waals surface area contributed by atoms with Crippen molar-refractivity contribution in [2.45, 2.75) is 25.4 Å². The molecule has 130 valence electrons. The molecule has 1 amide bonds. The standard InChI is InChI=1S/C19H20N2O4/c1-14(20-15-9-5-3-6-10-15)17(23)21(16-11-7-4-8-12-16)19(2,13-22)18(24)25/h3-14,20H,1-2H3,(H,24,25). The first-order valence-corrected chi connectivity index (χ1v) is 7.80. The predicted molar refractivity (Wildman–Crippen MR) is 95.6 cm³/mol. The molecule has 2 atom stereocenters. The summed E-state index contributed by atoms with van der Waals surface area (Å²) in [4.78, 5) is 37.3. The van der Waals surface area contributed by atoms with Gasteiger partial charge in [-0.15, -0.1) is 0 Å². The second-order valence-corrected chi connectivity index (χ2v) is 5.81. The number of anilines is 2. The Balaban J connectivity index is 2.39. The molecule has 0 saturated heterocycles. The highest BCUT2D eigenvalue weighted by Gasteiger charge is 2.44. The number of benzene rings is 2. The van der Waals surface area contributed by atoms with Crippen LogP contribution in [-0.4, -0.2) is 34.8 Å². The van der Waals surface area contributed by atoms with Crippen molar-refractivity contribution in [1.82, 2.24) is 0 Å². The first-order chi connectivity index (χ1) is 11.9. The predicted octanol–water partition coefficient (Wildman–Crippen LogP) is 2.56. The zero-order valence-corrected chi connectivity index (χ0v) is 14.0. The van der Waals surface area contributed by atoms with E-state index in [-0.39, 0.29) is 6.29 Å². The van der Waals surface area contributed by atoms with Gasteiger partial charge in [-0.2, -0.15) is 0 Å². The molecule has 2 unspecified atom stereocenters. The van der Waals surface area contributed by atoms with E-state index in [1.165, 1.54) is 6.92 Å². The maximum atomic E-state index is 13.0. The van der Waals surface area contributed by atoms with Crippen molar-refractivity contribution in [3.05, 3.63) is 60.7 Å². The van der Waals surface area contributed by atoms with E-state index >= 15 is 0 Å². The first-order valence-electron chi connectivity index (χ1n) is 7.80. The van der Waals surface area contributed by atoms with Crippen LogP contribution in [0.1, 0.15) is 13.8 Å². The third-order valence-corrected chi connectivity index (χ3v) is 3.89. The Morgan fingerprint density at radius 1 is 1.08 bits per heavy atom. The molecule has 0 aliphatic rings. The van der Waals surface area contributed by atoms with E-state index < -0.39 is 23.5 Å². The van der Waals surface area contributed by atoms with E-state index in [9.17, 15) is 19.5 Å². The lowest BCUT2D eigenvalue weighted by Crippen LogP contribution is -2.59. The van der Waals surface area contributed by atoms with Crippen LogP contribution in [0.25, 0.3) is 0 Å². The quantitative estimate of drug-likeness (QED) is 0.597. The number of nitrogens with one attached hydrogen (secondary N) is 1. The van der Waals surface area contributed by atoms with Crippen LogP contribution >= 0.6 is 0 Å². The Hall–Kier alpha value is -3.15. The molecule has 0 saturated carbocycles. The van der Waals surface area contributed by atoms with Crippen molar-refractivity contribution < 1.29 is 19.5 Å². The van der Waals surface area contributed by atoms with Crippen LogP contribution in [0.4, 0.5) is 11.4 Å². The average molecular weight is 340 g/mol. The number of hydrogen-bond acceptors (Lipinski definition) is 4. The van der Waals surface area contributed by atoms with Gasteiger partial charge in [-0.05, 0) is 38.1 Å². The van der Waals surface area contributed by atoms with Crippen molar-refractivity contribution in [2.75, 3.05) is 10.2 Å². The minimum atomic E-state index is -2.01. The number of carboxylic acid groups (broad SMARTS) is 1. The highest BCUT2D eigenvalue weighted by Crippen LogP contribution is 2.25. The van der Waals surface area contributed by atoms with Crippen LogP contribution < -0.4 is 10.2 Å². The second-order valence-electron chi connectivity index (χ2n) is 5.81. The molecule has 2 aromatic carbocycles. The maximum absolute atomic E-state index is 13.0. The smallest absolute Gasteiger partial charge is 0.337 e. The van der Waals surface area contributed by atoms with Crippen molar-refractivity contribution in [3.8, 4) is 0 Å². The fourth-order valence-electron chi connectivity index (χ4n) is 2.44. The van der Waals surface area contributed by atoms with Gasteiger partial charge in [0.05, 0.1) is 0 Å². The van der Waals surface area contributed by atoms with Crippen LogP contribution in [-0.2, 0) is 14.4 Å². The lowest BCUT2D eigenvalue weighted by atomic mass is 9.99. The molecule has 0 radical (unpaired) electrons. The third-order valence-electron chi connectivity index (χ3n) is 3.89. The van der Waals surface area contributed by atoms with Gasteiger partial charge in [0.25, 0.3) is 5.91 Å². The number of carbonyl (C=O) groups excluding carboxylic acids is 2. The largest absolute Gasteiger partial charge is 0.479 e. The maximum Gasteiger partial charge on any atom is 0.337 e. The van der Waals surface area contributed by atoms with Gasteiger partial charge < -0.3 is 15.2 Å². The third kappa shape index (κ3) is 3.85. The fraction of sp³-hybridized carbons (Fsp3) is 0.211. The van der Waals surface area contributed by atoms with Gasteiger partial charge in [0.1, 0.15) is 6.04 Å². The van der Waals surface area contributed by atoms with Gasteiger partial charge in [-0.3, -0.25) is 9.69 Å². The summed E-state index contributed by atoms with van der Waals surface area (Å²) in [5.74, 6) is -1.92. The number of aldehydes is 1. The summed E-state index contributed by atoms with van der Waals surface area (Å²) in [5, 5.41) is 12.6. The molecule has 0 aliphatic heterocycles. The monoisotopic (exact) mass is 340 g/mol. The van der Waals surface area contributed by atoms with Crippen LogP contribution in [0.2, 0.25) is 0 Å². The molecule has 25 heavy (non-hydrogen) atoms. The molecule has 6 heteroatoms. The molecular weight excluding hydrogens is 320 g/mol. The minimum Gasteiger partial charge on any atom is -0.479 e. The normalized spacial score (nSPS) is 14.0. The van der Waals surface area contributed by atoms with Crippen LogP contribution in [0.3, 0.4) is 0 Å². The average Bonchev–Trinajstić information content (AvgIpc) is 2.63. The molecule has 2 rings (SSSR count). The van der Waals surface area contributed by atoms with Crippen molar-refractivity contribution in [2.24, 2.45) is 0 Å². The van der Waals surface area contributed by atoms with Crippen molar-refractivity contribution in [3.63, 3.8) is 0 Å². The first kappa shape index (κ1) is 18.2. The summed E-state index contributed by atoms with van der Waals surface area (Å²) in [6.07, 6.45) is 0.273. The van der Waals surface area contributed by atoms with Crippen LogP contribution in [0.15, 0.2) is 60.7 Å². The number of hydrogen-bond donors (Lipinski definition) is 2. The van der Waals surface area contributed by atoms with E-state index in [0.29, 0.717) is 5.69 Å². The van der Waals surface area contributed by atoms with E-state index in [1.807, 2.05) is 18.2 Å². The Kier molecular flexibility index (Phi) is 5.54. The number of carbonyl (C=O) groups is 3. The van der Waals surface area contributed by atoms with Gasteiger partial charge in [0.15, 0.2) is 11.8 Å². The minimum absolute atomic E-state index is 0.273. The summed E-state index contributed by atoms with van der Waals surface area (Å²) in [5.41, 5.74) is -0.948. The molecule has 0 aromatic heterocycles. The number of amides is 1. The Morgan fingerprint density at radius 2 is 1.60 bits per heavy atom. The van der Waals surface area contributed by atoms with Gasteiger partial charge >= 0.3 is 5.97 Å². The van der Waals surface area contributed by atoms with Gasteiger partial charge in [0, 0.05) is 11.4 Å². The Bertz CT molecular complexity index is 749. The molecule has 0 aliphatic carbocycles. The zero-order valence-electron chi connectivity index (χ0n) is 14.0. The second kappa shape index (κ2) is 7.61. The molecule has 0 fully saturated rings. The summed E-state index contributed by atoms with van der Waals surface area (Å²) in [6.45, 7) is 2.83. The summed E-state index contributed by atoms with van der Waals surface area (Å²) in [6, 6.07) is 16.6. The Morgan fingerprint density at radius 3 is 2.08 bits per heavy atom. The van der Waals surface area contributed by atoms with E-state index in [0.717, 1.165) is 10.6 Å². The lowest BCUT2D eigenvalue weighted by Gasteiger charge is -2.35. The molecule has 0 spiro atoms. The van der Waals surface area contributed by atoms with E-state index in [2.05, 4.69) is 5.32 Å². The van der Waals surface area contributed by atoms with E-state index in [1.54, 1.807) is 49.4 Å². The molecular formula is C19H20N2O4. The zero-order chi connectivity index (χ0) is 18.4. The molecule has 0 heterocycles. The Labute approximate surface area is 146 Å². The summed E-state index contributed by atoms with van der Waals surface area (Å²) in [7, 11) is 0. The van der Waals surface area contributed by atoms with Gasteiger partial charge in [-0.25, -0.2) is 4.79 Å². The number of rotatable bonds is 7. The molecule has 0 bridgehead atoms.